The smallest absolute Gasteiger partial charge is 0.227 e. The van der Waals surface area contributed by atoms with Gasteiger partial charge in [-0.1, -0.05) is 40.4 Å². The molecule has 4 aromatic rings. The predicted octanol–water partition coefficient (Wildman–Crippen LogP) is 6.80. The summed E-state index contributed by atoms with van der Waals surface area (Å²) in [6.07, 6.45) is 0. The monoisotopic (exact) mass is 483 g/mol. The quantitative estimate of drug-likeness (QED) is 0.292. The summed E-state index contributed by atoms with van der Waals surface area (Å²) < 4.78 is 7.05. The molecular weight excluding hydrogens is 465 g/mol. The highest BCUT2D eigenvalue weighted by molar-refractivity contribution is 8.14. The first-order valence-electron chi connectivity index (χ1n) is 9.71. The van der Waals surface area contributed by atoms with Gasteiger partial charge < -0.3 is 4.74 Å². The van der Waals surface area contributed by atoms with Gasteiger partial charge in [0.05, 0.1) is 22.8 Å². The minimum absolute atomic E-state index is 0.119. The molecule has 0 atom stereocenters. The van der Waals surface area contributed by atoms with Gasteiger partial charge in [-0.2, -0.15) is 0 Å². The van der Waals surface area contributed by atoms with Crippen molar-refractivity contribution in [2.45, 2.75) is 19.0 Å². The maximum Gasteiger partial charge on any atom is 0.227 e. The Morgan fingerprint density at radius 1 is 0.906 bits per heavy atom. The first-order valence-corrected chi connectivity index (χ1v) is 11.3. The molecule has 1 heterocycles. The first kappa shape index (κ1) is 22.4. The van der Waals surface area contributed by atoms with Crippen LogP contribution < -0.4 is 4.74 Å². The second kappa shape index (κ2) is 9.36. The van der Waals surface area contributed by atoms with Crippen LogP contribution in [0.3, 0.4) is 0 Å². The van der Waals surface area contributed by atoms with E-state index >= 15 is 0 Å². The molecule has 0 aliphatic heterocycles. The highest BCUT2D eigenvalue weighted by atomic mass is 35.5. The maximum atomic E-state index is 13.1. The number of hydrogen-bond acceptors (Lipinski definition) is 5. The molecule has 0 bridgehead atoms. The van der Waals surface area contributed by atoms with Crippen molar-refractivity contribution in [3.8, 4) is 22.8 Å². The summed E-state index contributed by atoms with van der Waals surface area (Å²) in [5.41, 5.74) is 4.18. The molecule has 0 saturated heterocycles. The van der Waals surface area contributed by atoms with E-state index in [4.69, 9.17) is 27.9 Å². The predicted molar refractivity (Wildman–Crippen MR) is 129 cm³/mol. The number of rotatable bonds is 5. The van der Waals surface area contributed by atoms with Gasteiger partial charge in [0.1, 0.15) is 5.75 Å². The highest BCUT2D eigenvalue weighted by Gasteiger charge is 2.21. The lowest BCUT2D eigenvalue weighted by Crippen LogP contribution is -2.03. The second-order valence-electron chi connectivity index (χ2n) is 7.23. The van der Waals surface area contributed by atoms with Crippen molar-refractivity contribution in [2.24, 2.45) is 0 Å². The van der Waals surface area contributed by atoms with Crippen molar-refractivity contribution in [3.63, 3.8) is 0 Å². The van der Waals surface area contributed by atoms with Crippen LogP contribution in [0.5, 0.6) is 5.75 Å². The van der Waals surface area contributed by atoms with Crippen molar-refractivity contribution < 1.29 is 9.53 Å². The van der Waals surface area contributed by atoms with Crippen LogP contribution >= 0.6 is 35.0 Å². The molecule has 0 saturated carbocycles. The molecule has 0 aliphatic carbocycles. The van der Waals surface area contributed by atoms with Crippen molar-refractivity contribution in [3.05, 3.63) is 87.4 Å². The molecule has 0 unspecified atom stereocenters. The topological polar surface area (TPSA) is 57.0 Å². The fourth-order valence-electron chi connectivity index (χ4n) is 3.35. The van der Waals surface area contributed by atoms with Gasteiger partial charge in [0.2, 0.25) is 10.3 Å². The number of benzene rings is 3. The zero-order chi connectivity index (χ0) is 22.8. The van der Waals surface area contributed by atoms with Gasteiger partial charge >= 0.3 is 0 Å². The largest absolute Gasteiger partial charge is 0.497 e. The summed E-state index contributed by atoms with van der Waals surface area (Å²) in [5, 5.41) is 9.85. The summed E-state index contributed by atoms with van der Waals surface area (Å²) in [6, 6.07) is 18.5. The molecule has 4 rings (SSSR count). The maximum absolute atomic E-state index is 13.1. The number of carbonyl (C=O) groups is 1. The molecule has 32 heavy (non-hydrogen) atoms. The third kappa shape index (κ3) is 4.67. The van der Waals surface area contributed by atoms with Gasteiger partial charge in [0, 0.05) is 11.1 Å². The van der Waals surface area contributed by atoms with E-state index in [-0.39, 0.29) is 5.12 Å². The van der Waals surface area contributed by atoms with E-state index in [9.17, 15) is 4.79 Å². The van der Waals surface area contributed by atoms with Crippen LogP contribution in [0.15, 0.2) is 65.8 Å². The van der Waals surface area contributed by atoms with Gasteiger partial charge in [-0.25, -0.2) is 0 Å². The second-order valence-corrected chi connectivity index (χ2v) is 8.99. The van der Waals surface area contributed by atoms with E-state index in [0.717, 1.165) is 34.2 Å². The first-order chi connectivity index (χ1) is 15.4. The van der Waals surface area contributed by atoms with E-state index in [0.29, 0.717) is 32.3 Å². The van der Waals surface area contributed by atoms with E-state index < -0.39 is 0 Å². The van der Waals surface area contributed by atoms with Gasteiger partial charge in [-0.15, -0.1) is 10.2 Å². The molecule has 0 fully saturated rings. The lowest BCUT2D eigenvalue weighted by molar-refractivity contribution is 0.108. The Bertz CT molecular complexity index is 1280. The fourth-order valence-corrected chi connectivity index (χ4v) is 4.41. The molecule has 162 valence electrons. The van der Waals surface area contributed by atoms with Crippen LogP contribution in [0.2, 0.25) is 10.0 Å². The minimum Gasteiger partial charge on any atom is -0.497 e. The number of halogens is 2. The fraction of sp³-hybridized carbons (Fsp3) is 0.125. The molecule has 8 heteroatoms. The Morgan fingerprint density at radius 2 is 1.59 bits per heavy atom. The summed E-state index contributed by atoms with van der Waals surface area (Å²) in [5.74, 6) is 1.30. The number of hydrogen-bond donors (Lipinski definition) is 0. The molecule has 1 aromatic heterocycles. The number of methoxy groups -OCH3 is 1. The van der Waals surface area contributed by atoms with E-state index in [2.05, 4.69) is 10.2 Å². The normalized spacial score (nSPS) is 10.9. The molecule has 0 amide bonds. The number of aryl methyl sites for hydroxylation is 2. The van der Waals surface area contributed by atoms with Crippen LogP contribution in [0.1, 0.15) is 21.5 Å². The van der Waals surface area contributed by atoms with Gasteiger partial charge in [0.25, 0.3) is 0 Å². The van der Waals surface area contributed by atoms with Crippen LogP contribution in [-0.4, -0.2) is 27.0 Å². The number of thioether (sulfide) groups is 1. The van der Waals surface area contributed by atoms with Crippen LogP contribution in [-0.2, 0) is 0 Å². The van der Waals surface area contributed by atoms with E-state index in [1.54, 1.807) is 23.8 Å². The Balaban J connectivity index is 1.80. The standard InChI is InChI=1S/C24H19Cl2N3O2S/c1-14-10-15(2)12-17(11-14)23(30)32-24-28-27-22(16-4-7-19(31-3)8-5-16)29(24)18-6-9-20(25)21(26)13-18/h4-13H,1-3H3. The lowest BCUT2D eigenvalue weighted by Gasteiger charge is -2.11. The minimum atomic E-state index is -0.119. The summed E-state index contributed by atoms with van der Waals surface area (Å²) in [6.45, 7) is 3.93. The lowest BCUT2D eigenvalue weighted by atomic mass is 10.1. The van der Waals surface area contributed by atoms with Crippen molar-refractivity contribution in [1.82, 2.24) is 14.8 Å². The molecule has 0 spiro atoms. The zero-order valence-electron chi connectivity index (χ0n) is 17.6. The van der Waals surface area contributed by atoms with Crippen LogP contribution in [0.4, 0.5) is 0 Å². The summed E-state index contributed by atoms with van der Waals surface area (Å²) in [4.78, 5) is 13.1. The Kier molecular flexibility index (Phi) is 6.55. The SMILES string of the molecule is COc1ccc(-c2nnc(SC(=O)c3cc(C)cc(C)c3)n2-c2ccc(Cl)c(Cl)c2)cc1. The number of ether oxygens (including phenoxy) is 1. The average Bonchev–Trinajstić information content (AvgIpc) is 3.18. The average molecular weight is 484 g/mol. The third-order valence-electron chi connectivity index (χ3n) is 4.78. The van der Waals surface area contributed by atoms with Gasteiger partial charge in [-0.05, 0) is 80.2 Å². The Hall–Kier alpha value is -2.80. The number of nitrogens with zero attached hydrogens (tertiary/aromatic N) is 3. The van der Waals surface area contributed by atoms with Crippen LogP contribution in [0, 0.1) is 13.8 Å². The third-order valence-corrected chi connectivity index (χ3v) is 6.39. The molecule has 5 nitrogen and oxygen atoms in total. The van der Waals surface area contributed by atoms with E-state index in [1.165, 1.54) is 0 Å². The highest BCUT2D eigenvalue weighted by Crippen LogP contribution is 2.33. The molecule has 0 N–H and O–H groups in total. The summed E-state index contributed by atoms with van der Waals surface area (Å²) >= 11 is 13.4. The van der Waals surface area contributed by atoms with Crippen LogP contribution in [0.25, 0.3) is 17.1 Å². The van der Waals surface area contributed by atoms with Crippen molar-refractivity contribution in [1.29, 1.82) is 0 Å². The molecule has 0 radical (unpaired) electrons. The Labute approximate surface area is 200 Å². The number of carbonyl (C=O) groups excluding carboxylic acids is 1. The molecular formula is C24H19Cl2N3O2S. The van der Waals surface area contributed by atoms with E-state index in [1.807, 2.05) is 62.4 Å². The zero-order valence-corrected chi connectivity index (χ0v) is 19.9. The summed E-state index contributed by atoms with van der Waals surface area (Å²) in [7, 11) is 1.61. The number of aromatic nitrogens is 3. The van der Waals surface area contributed by atoms with Crippen molar-refractivity contribution >= 4 is 40.1 Å². The van der Waals surface area contributed by atoms with Gasteiger partial charge in [-0.3, -0.25) is 9.36 Å². The van der Waals surface area contributed by atoms with Gasteiger partial charge in [0.15, 0.2) is 5.82 Å². The molecule has 3 aromatic carbocycles. The molecule has 0 aliphatic rings. The Morgan fingerprint density at radius 3 is 2.22 bits per heavy atom. The van der Waals surface area contributed by atoms with Crippen molar-refractivity contribution in [2.75, 3.05) is 7.11 Å².